The topological polar surface area (TPSA) is 126 Å². The summed E-state index contributed by atoms with van der Waals surface area (Å²) in [6.07, 6.45) is 1.68. The van der Waals surface area contributed by atoms with Gasteiger partial charge in [-0.3, -0.25) is 9.78 Å². The van der Waals surface area contributed by atoms with Gasteiger partial charge in [-0.05, 0) is 29.7 Å². The van der Waals surface area contributed by atoms with Crippen molar-refractivity contribution >= 4 is 23.5 Å². The lowest BCUT2D eigenvalue weighted by molar-refractivity contribution is 0.0958. The predicted molar refractivity (Wildman–Crippen MR) is 129 cm³/mol. The number of rotatable bonds is 6. The highest BCUT2D eigenvalue weighted by atomic mass is 32.2. The third-order valence-corrected chi connectivity index (χ3v) is 6.60. The second kappa shape index (κ2) is 10.3. The number of aliphatic hydroxyl groups excluding tert-OH is 1. The van der Waals surface area contributed by atoms with E-state index in [4.69, 9.17) is 4.98 Å². The Morgan fingerprint density at radius 3 is 2.65 bits per heavy atom. The SMILES string of the molecule is CNC(=O)c1cc(CSc2nc(N3CC[C@@H](O)C3)c(C#N)c(-c3ccccc3)c2C#N)ccn1. The minimum absolute atomic E-state index is 0.276. The van der Waals surface area contributed by atoms with E-state index in [1.165, 1.54) is 11.8 Å². The fourth-order valence-electron chi connectivity index (χ4n) is 3.89. The van der Waals surface area contributed by atoms with Crippen molar-refractivity contribution in [2.45, 2.75) is 23.3 Å². The van der Waals surface area contributed by atoms with Gasteiger partial charge in [-0.25, -0.2) is 4.98 Å². The Labute approximate surface area is 201 Å². The van der Waals surface area contributed by atoms with Gasteiger partial charge < -0.3 is 15.3 Å². The van der Waals surface area contributed by atoms with Crippen molar-refractivity contribution in [1.29, 1.82) is 10.5 Å². The van der Waals surface area contributed by atoms with Gasteiger partial charge >= 0.3 is 0 Å². The number of hydrogen-bond donors (Lipinski definition) is 2. The largest absolute Gasteiger partial charge is 0.391 e. The number of aromatic nitrogens is 2. The molecule has 8 nitrogen and oxygen atoms in total. The number of pyridine rings is 2. The van der Waals surface area contributed by atoms with E-state index in [-0.39, 0.29) is 5.91 Å². The van der Waals surface area contributed by atoms with Gasteiger partial charge in [-0.15, -0.1) is 11.8 Å². The van der Waals surface area contributed by atoms with Crippen molar-refractivity contribution in [2.75, 3.05) is 25.0 Å². The van der Waals surface area contributed by atoms with Gasteiger partial charge in [0.05, 0.1) is 11.7 Å². The van der Waals surface area contributed by atoms with Gasteiger partial charge in [0.25, 0.3) is 5.91 Å². The molecule has 1 amide bonds. The van der Waals surface area contributed by atoms with Crippen LogP contribution in [0.2, 0.25) is 0 Å². The number of hydrogen-bond acceptors (Lipinski definition) is 8. The summed E-state index contributed by atoms with van der Waals surface area (Å²) in [5, 5.41) is 33.3. The van der Waals surface area contributed by atoms with Gasteiger partial charge in [0.2, 0.25) is 0 Å². The number of aliphatic hydroxyl groups is 1. The van der Waals surface area contributed by atoms with Crippen molar-refractivity contribution < 1.29 is 9.90 Å². The van der Waals surface area contributed by atoms with Crippen LogP contribution in [0.25, 0.3) is 11.1 Å². The maximum atomic E-state index is 11.9. The highest BCUT2D eigenvalue weighted by Gasteiger charge is 2.28. The minimum Gasteiger partial charge on any atom is -0.391 e. The van der Waals surface area contributed by atoms with E-state index in [9.17, 15) is 20.4 Å². The van der Waals surface area contributed by atoms with E-state index in [2.05, 4.69) is 22.4 Å². The molecule has 34 heavy (non-hydrogen) atoms. The number of β-amino-alcohol motifs (C(OH)–C–C–N with tert-alkyl or cyclic N) is 1. The summed E-state index contributed by atoms with van der Waals surface area (Å²) < 4.78 is 0. The van der Waals surface area contributed by atoms with Gasteiger partial charge in [0, 0.05) is 37.7 Å². The number of thioether (sulfide) groups is 1. The number of nitrogens with one attached hydrogen (secondary N) is 1. The lowest BCUT2D eigenvalue weighted by Crippen LogP contribution is -2.24. The smallest absolute Gasteiger partial charge is 0.269 e. The molecule has 0 saturated carbocycles. The average molecular weight is 471 g/mol. The lowest BCUT2D eigenvalue weighted by atomic mass is 9.96. The van der Waals surface area contributed by atoms with Crippen LogP contribution in [-0.4, -0.2) is 47.2 Å². The summed E-state index contributed by atoms with van der Waals surface area (Å²) >= 11 is 1.36. The summed E-state index contributed by atoms with van der Waals surface area (Å²) in [5.74, 6) is 0.651. The second-order valence-corrected chi connectivity index (χ2v) is 8.72. The van der Waals surface area contributed by atoms with Crippen LogP contribution in [0, 0.1) is 22.7 Å². The Balaban J connectivity index is 1.80. The van der Waals surface area contributed by atoms with Crippen molar-refractivity contribution in [3.63, 3.8) is 0 Å². The number of nitriles is 2. The zero-order valence-electron chi connectivity index (χ0n) is 18.5. The van der Waals surface area contributed by atoms with Gasteiger partial charge in [0.1, 0.15) is 34.2 Å². The van der Waals surface area contributed by atoms with Crippen molar-refractivity contribution in [1.82, 2.24) is 15.3 Å². The standard InChI is InChI=1S/C25H22N6O2S/c1-28-24(33)21-11-16(7-9-29-21)15-34-25-20(13-27)22(17-5-3-2-4-6-17)19(12-26)23(30-25)31-10-8-18(32)14-31/h2-7,9,11,18,32H,8,10,14-15H2,1H3,(H,28,33)/t18-/m1/s1. The van der Waals surface area contributed by atoms with Crippen molar-refractivity contribution in [2.24, 2.45) is 0 Å². The number of carbonyl (C=O) groups excluding carboxylic acids is 1. The van der Waals surface area contributed by atoms with Crippen LogP contribution in [0.4, 0.5) is 5.82 Å². The Bertz CT molecular complexity index is 1300. The lowest BCUT2D eigenvalue weighted by Gasteiger charge is -2.22. The zero-order chi connectivity index (χ0) is 24.1. The number of benzene rings is 1. The van der Waals surface area contributed by atoms with E-state index in [1.807, 2.05) is 41.3 Å². The quantitative estimate of drug-likeness (QED) is 0.526. The van der Waals surface area contributed by atoms with E-state index >= 15 is 0 Å². The van der Waals surface area contributed by atoms with E-state index in [0.717, 1.165) is 11.1 Å². The summed E-state index contributed by atoms with van der Waals surface area (Å²) in [5.41, 5.74) is 3.12. The van der Waals surface area contributed by atoms with Gasteiger partial charge in [-0.2, -0.15) is 10.5 Å². The Hall–Kier alpha value is -3.92. The first-order valence-electron chi connectivity index (χ1n) is 10.7. The monoisotopic (exact) mass is 470 g/mol. The Kier molecular flexibility index (Phi) is 7.07. The fraction of sp³-hybridized carbons (Fsp3) is 0.240. The molecule has 0 bridgehead atoms. The molecule has 1 aliphatic rings. The maximum absolute atomic E-state index is 11.9. The third kappa shape index (κ3) is 4.72. The molecule has 1 atom stereocenters. The molecule has 9 heteroatoms. The van der Waals surface area contributed by atoms with Crippen LogP contribution < -0.4 is 10.2 Å². The van der Waals surface area contributed by atoms with E-state index in [1.54, 1.807) is 19.3 Å². The molecule has 0 aliphatic carbocycles. The molecule has 1 fully saturated rings. The number of amides is 1. The molecule has 2 aromatic heterocycles. The zero-order valence-corrected chi connectivity index (χ0v) is 19.3. The molecular weight excluding hydrogens is 448 g/mol. The molecule has 1 aliphatic heterocycles. The third-order valence-electron chi connectivity index (χ3n) is 5.55. The number of nitrogens with zero attached hydrogens (tertiary/aromatic N) is 5. The highest BCUT2D eigenvalue weighted by Crippen LogP contribution is 2.39. The molecule has 3 heterocycles. The van der Waals surface area contributed by atoms with Crippen LogP contribution in [0.5, 0.6) is 0 Å². The molecule has 0 unspecified atom stereocenters. The summed E-state index contributed by atoms with van der Waals surface area (Å²) in [7, 11) is 1.55. The Morgan fingerprint density at radius 1 is 1.24 bits per heavy atom. The molecule has 170 valence electrons. The number of carbonyl (C=O) groups is 1. The second-order valence-electron chi connectivity index (χ2n) is 7.76. The van der Waals surface area contributed by atoms with Crippen molar-refractivity contribution in [3.05, 3.63) is 71.0 Å². The summed E-state index contributed by atoms with van der Waals surface area (Å²) in [6.45, 7) is 0.957. The molecule has 3 aromatic rings. The van der Waals surface area contributed by atoms with Gasteiger partial charge in [-0.1, -0.05) is 30.3 Å². The average Bonchev–Trinajstić information content (AvgIpc) is 3.32. The first kappa shape index (κ1) is 23.2. The van der Waals surface area contributed by atoms with Crippen LogP contribution >= 0.6 is 11.8 Å². The van der Waals surface area contributed by atoms with Gasteiger partial charge in [0.15, 0.2) is 0 Å². The molecule has 2 N–H and O–H groups in total. The Morgan fingerprint density at radius 2 is 2.00 bits per heavy atom. The summed E-state index contributed by atoms with van der Waals surface area (Å²) in [4.78, 5) is 22.7. The van der Waals surface area contributed by atoms with Crippen LogP contribution in [0.1, 0.15) is 33.6 Å². The molecular formula is C25H22N6O2S. The first-order chi connectivity index (χ1) is 16.5. The highest BCUT2D eigenvalue weighted by molar-refractivity contribution is 7.98. The summed E-state index contributed by atoms with van der Waals surface area (Å²) in [6, 6.07) is 17.4. The number of anilines is 1. The molecule has 1 aromatic carbocycles. The van der Waals surface area contributed by atoms with E-state index < -0.39 is 6.10 Å². The molecule has 1 saturated heterocycles. The fourth-order valence-corrected chi connectivity index (χ4v) is 4.82. The van der Waals surface area contributed by atoms with Crippen LogP contribution in [-0.2, 0) is 5.75 Å². The van der Waals surface area contributed by atoms with Crippen molar-refractivity contribution in [3.8, 4) is 23.3 Å². The van der Waals surface area contributed by atoms with Crippen LogP contribution in [0.3, 0.4) is 0 Å². The van der Waals surface area contributed by atoms with Crippen LogP contribution in [0.15, 0.2) is 53.7 Å². The normalized spacial score (nSPS) is 14.9. The maximum Gasteiger partial charge on any atom is 0.269 e. The molecule has 0 radical (unpaired) electrons. The molecule has 4 rings (SSSR count). The minimum atomic E-state index is -0.486. The van der Waals surface area contributed by atoms with E-state index in [0.29, 0.717) is 58.5 Å². The predicted octanol–water partition coefficient (Wildman–Crippen LogP) is 3.11. The first-order valence-corrected chi connectivity index (χ1v) is 11.7. The molecule has 0 spiro atoms.